The first kappa shape index (κ1) is 16.2. The van der Waals surface area contributed by atoms with Gasteiger partial charge in [-0.2, -0.15) is 0 Å². The lowest BCUT2D eigenvalue weighted by Gasteiger charge is -2.16. The van der Waals surface area contributed by atoms with Gasteiger partial charge >= 0.3 is 0 Å². The molecular formula is C15H19NO3S2. The average molecular weight is 325 g/mol. The maximum Gasteiger partial charge on any atom is 0.241 e. The Morgan fingerprint density at radius 2 is 1.95 bits per heavy atom. The number of benzene rings is 1. The summed E-state index contributed by atoms with van der Waals surface area (Å²) in [6.45, 7) is 2.01. The zero-order chi connectivity index (χ0) is 15.3. The highest BCUT2D eigenvalue weighted by atomic mass is 32.2. The molecule has 4 nitrogen and oxygen atoms in total. The number of thiophene rings is 1. The Morgan fingerprint density at radius 3 is 2.48 bits per heavy atom. The van der Waals surface area contributed by atoms with Crippen molar-refractivity contribution < 1.29 is 13.5 Å². The van der Waals surface area contributed by atoms with E-state index in [0.29, 0.717) is 12.8 Å². The fourth-order valence-corrected chi connectivity index (χ4v) is 4.29. The summed E-state index contributed by atoms with van der Waals surface area (Å²) in [6.07, 6.45) is 1.23. The van der Waals surface area contributed by atoms with Crippen molar-refractivity contribution in [2.75, 3.05) is 6.61 Å². The van der Waals surface area contributed by atoms with Gasteiger partial charge in [0, 0.05) is 11.5 Å². The van der Waals surface area contributed by atoms with Crippen LogP contribution in [-0.2, 0) is 16.4 Å². The zero-order valence-electron chi connectivity index (χ0n) is 11.8. The summed E-state index contributed by atoms with van der Waals surface area (Å²) in [6, 6.07) is 10.3. The van der Waals surface area contributed by atoms with Crippen LogP contribution in [0.15, 0.2) is 46.7 Å². The molecule has 0 aliphatic rings. The first-order valence-corrected chi connectivity index (χ1v) is 9.18. The minimum Gasteiger partial charge on any atom is -0.396 e. The van der Waals surface area contributed by atoms with Crippen LogP contribution in [0.2, 0.25) is 0 Å². The molecule has 0 amide bonds. The Balaban J connectivity index is 2.17. The van der Waals surface area contributed by atoms with E-state index in [9.17, 15) is 8.42 Å². The predicted octanol–water partition coefficient (Wildman–Crippen LogP) is 2.71. The Morgan fingerprint density at radius 1 is 1.24 bits per heavy atom. The van der Waals surface area contributed by atoms with Crippen molar-refractivity contribution in [3.05, 3.63) is 52.2 Å². The van der Waals surface area contributed by atoms with Gasteiger partial charge in [-0.05, 0) is 42.0 Å². The summed E-state index contributed by atoms with van der Waals surface area (Å²) >= 11 is 1.55. The molecular weight excluding hydrogens is 306 g/mol. The monoisotopic (exact) mass is 325 g/mol. The van der Waals surface area contributed by atoms with Crippen molar-refractivity contribution in [3.8, 4) is 0 Å². The smallest absolute Gasteiger partial charge is 0.241 e. The second kappa shape index (κ2) is 7.17. The molecule has 0 aliphatic carbocycles. The number of nitrogens with one attached hydrogen (secondary N) is 1. The molecule has 2 rings (SSSR count). The second-order valence-electron chi connectivity index (χ2n) is 4.72. The van der Waals surface area contributed by atoms with E-state index in [1.54, 1.807) is 35.6 Å². The van der Waals surface area contributed by atoms with E-state index in [1.807, 2.05) is 24.4 Å². The Labute approximate surface area is 129 Å². The molecule has 0 spiro atoms. The van der Waals surface area contributed by atoms with Gasteiger partial charge in [-0.15, -0.1) is 11.3 Å². The lowest BCUT2D eigenvalue weighted by molar-refractivity contribution is 0.299. The molecule has 0 aliphatic heterocycles. The summed E-state index contributed by atoms with van der Waals surface area (Å²) in [7, 11) is -3.54. The molecule has 1 heterocycles. The summed E-state index contributed by atoms with van der Waals surface area (Å²) in [5.74, 6) is 0. The molecule has 114 valence electrons. The van der Waals surface area contributed by atoms with Gasteiger partial charge in [-0.1, -0.05) is 25.1 Å². The fourth-order valence-electron chi connectivity index (χ4n) is 2.05. The van der Waals surface area contributed by atoms with Crippen molar-refractivity contribution in [2.45, 2.75) is 30.7 Å². The molecule has 0 bridgehead atoms. The molecule has 0 radical (unpaired) electrons. The number of hydrogen-bond acceptors (Lipinski definition) is 4. The van der Waals surface area contributed by atoms with Crippen LogP contribution in [-0.4, -0.2) is 20.1 Å². The largest absolute Gasteiger partial charge is 0.396 e. The van der Waals surface area contributed by atoms with Crippen molar-refractivity contribution in [3.63, 3.8) is 0 Å². The highest BCUT2D eigenvalue weighted by Gasteiger charge is 2.20. The third-order valence-electron chi connectivity index (χ3n) is 3.23. The van der Waals surface area contributed by atoms with E-state index in [0.717, 1.165) is 10.4 Å². The topological polar surface area (TPSA) is 66.4 Å². The maximum atomic E-state index is 12.4. The number of aliphatic hydroxyl groups excluding tert-OH is 1. The van der Waals surface area contributed by atoms with E-state index in [4.69, 9.17) is 5.11 Å². The van der Waals surface area contributed by atoms with Gasteiger partial charge in [0.2, 0.25) is 10.0 Å². The van der Waals surface area contributed by atoms with Crippen LogP contribution in [0.5, 0.6) is 0 Å². The molecule has 6 heteroatoms. The summed E-state index contributed by atoms with van der Waals surface area (Å²) < 4.78 is 27.6. The molecule has 0 saturated heterocycles. The fraction of sp³-hybridized carbons (Fsp3) is 0.333. The van der Waals surface area contributed by atoms with E-state index < -0.39 is 10.0 Å². The maximum absolute atomic E-state index is 12.4. The van der Waals surface area contributed by atoms with Crippen molar-refractivity contribution in [1.82, 2.24) is 4.72 Å². The molecule has 0 saturated carbocycles. The van der Waals surface area contributed by atoms with Crippen LogP contribution in [0, 0.1) is 0 Å². The van der Waals surface area contributed by atoms with Crippen LogP contribution < -0.4 is 4.72 Å². The molecule has 2 N–H and O–H groups in total. The minimum atomic E-state index is -3.54. The first-order chi connectivity index (χ1) is 10.1. The third kappa shape index (κ3) is 4.14. The molecule has 2 aromatic rings. The lowest BCUT2D eigenvalue weighted by Crippen LogP contribution is -2.27. The van der Waals surface area contributed by atoms with Gasteiger partial charge in [0.25, 0.3) is 0 Å². The van der Waals surface area contributed by atoms with Crippen LogP contribution in [0.25, 0.3) is 0 Å². The number of rotatable bonds is 7. The van der Waals surface area contributed by atoms with Crippen molar-refractivity contribution in [2.24, 2.45) is 0 Å². The summed E-state index contributed by atoms with van der Waals surface area (Å²) in [5.41, 5.74) is 0.918. The quantitative estimate of drug-likeness (QED) is 0.822. The van der Waals surface area contributed by atoms with Gasteiger partial charge in [0.1, 0.15) is 0 Å². The molecule has 1 unspecified atom stereocenters. The molecule has 1 atom stereocenters. The number of sulfonamides is 1. The average Bonchev–Trinajstić information content (AvgIpc) is 3.00. The summed E-state index contributed by atoms with van der Waals surface area (Å²) in [5, 5.41) is 10.8. The minimum absolute atomic E-state index is 0.0562. The van der Waals surface area contributed by atoms with Gasteiger partial charge < -0.3 is 5.11 Å². The Hall–Kier alpha value is -1.21. The zero-order valence-corrected chi connectivity index (χ0v) is 13.5. The van der Waals surface area contributed by atoms with Crippen LogP contribution in [0.3, 0.4) is 0 Å². The Bertz CT molecular complexity index is 649. The first-order valence-electron chi connectivity index (χ1n) is 6.82. The second-order valence-corrected chi connectivity index (χ2v) is 7.41. The summed E-state index contributed by atoms with van der Waals surface area (Å²) in [4.78, 5) is 1.26. The van der Waals surface area contributed by atoms with Gasteiger partial charge in [0.15, 0.2) is 0 Å². The van der Waals surface area contributed by atoms with Crippen LogP contribution in [0.1, 0.15) is 29.8 Å². The van der Waals surface area contributed by atoms with Crippen molar-refractivity contribution >= 4 is 21.4 Å². The molecule has 0 fully saturated rings. The van der Waals surface area contributed by atoms with E-state index in [1.165, 1.54) is 0 Å². The van der Waals surface area contributed by atoms with Gasteiger partial charge in [0.05, 0.1) is 10.9 Å². The third-order valence-corrected chi connectivity index (χ3v) is 5.70. The molecule has 21 heavy (non-hydrogen) atoms. The SMILES string of the molecule is CCC(NS(=O)(=O)c1ccc(CCO)cc1)c1cccs1. The normalized spacial score (nSPS) is 13.2. The molecule has 1 aromatic heterocycles. The molecule has 1 aromatic carbocycles. The number of aliphatic hydroxyl groups is 1. The van der Waals surface area contributed by atoms with Gasteiger partial charge in [-0.25, -0.2) is 13.1 Å². The Kier molecular flexibility index (Phi) is 5.52. The van der Waals surface area contributed by atoms with E-state index >= 15 is 0 Å². The van der Waals surface area contributed by atoms with E-state index in [2.05, 4.69) is 4.72 Å². The number of hydrogen-bond donors (Lipinski definition) is 2. The van der Waals surface area contributed by atoms with Crippen molar-refractivity contribution in [1.29, 1.82) is 0 Å². The van der Waals surface area contributed by atoms with Crippen LogP contribution in [0.4, 0.5) is 0 Å². The van der Waals surface area contributed by atoms with Crippen LogP contribution >= 0.6 is 11.3 Å². The van der Waals surface area contributed by atoms with E-state index in [-0.39, 0.29) is 17.5 Å². The highest BCUT2D eigenvalue weighted by molar-refractivity contribution is 7.89. The standard InChI is InChI=1S/C15H19NO3S2/c1-2-14(15-4-3-11-20-15)16-21(18,19)13-7-5-12(6-8-13)9-10-17/h3-8,11,14,16-17H,2,9-10H2,1H3. The predicted molar refractivity (Wildman–Crippen MR) is 84.9 cm³/mol. The lowest BCUT2D eigenvalue weighted by atomic mass is 10.2. The van der Waals surface area contributed by atoms with Gasteiger partial charge in [-0.3, -0.25) is 0 Å². The highest BCUT2D eigenvalue weighted by Crippen LogP contribution is 2.24.